The lowest BCUT2D eigenvalue weighted by Crippen LogP contribution is -2.46. The maximum absolute atomic E-state index is 13.2. The van der Waals surface area contributed by atoms with E-state index >= 15 is 0 Å². The van der Waals surface area contributed by atoms with Crippen molar-refractivity contribution in [3.8, 4) is 28.7 Å². The summed E-state index contributed by atoms with van der Waals surface area (Å²) in [5.74, 6) is -0.341. The highest BCUT2D eigenvalue weighted by atomic mass is 16.6. The van der Waals surface area contributed by atoms with Crippen molar-refractivity contribution in [3.05, 3.63) is 88.3 Å². The van der Waals surface area contributed by atoms with Crippen LogP contribution in [0.3, 0.4) is 0 Å². The van der Waals surface area contributed by atoms with Crippen LogP contribution in [-0.4, -0.2) is 35.9 Å². The van der Waals surface area contributed by atoms with Gasteiger partial charge in [0, 0.05) is 18.6 Å². The van der Waals surface area contributed by atoms with Crippen LogP contribution < -0.4 is 25.0 Å². The maximum atomic E-state index is 13.2. The summed E-state index contributed by atoms with van der Waals surface area (Å²) in [6.07, 6.45) is -0.665. The minimum Gasteiger partial charge on any atom is -0.507 e. The molecular formula is C31H31NO9. The van der Waals surface area contributed by atoms with Crippen molar-refractivity contribution in [2.45, 2.75) is 45.8 Å². The van der Waals surface area contributed by atoms with Gasteiger partial charge in [0.15, 0.2) is 0 Å². The normalized spacial score (nSPS) is 11.9. The Labute approximate surface area is 236 Å². The first-order chi connectivity index (χ1) is 19.4. The van der Waals surface area contributed by atoms with Crippen LogP contribution in [0.25, 0.3) is 11.0 Å². The van der Waals surface area contributed by atoms with Gasteiger partial charge in [-0.3, -0.25) is 4.79 Å². The lowest BCUT2D eigenvalue weighted by atomic mass is 10.1. The van der Waals surface area contributed by atoms with E-state index in [1.165, 1.54) is 20.1 Å². The number of aromatic hydroxyl groups is 1. The summed E-state index contributed by atoms with van der Waals surface area (Å²) in [6, 6.07) is 17.0. The number of aryl methyl sites for hydroxylation is 1. The second-order valence-electron chi connectivity index (χ2n) is 10.2. The number of alkyl carbamates (subject to hydrolysis) is 1. The van der Waals surface area contributed by atoms with Gasteiger partial charge in [0.05, 0.1) is 7.11 Å². The molecule has 10 nitrogen and oxygen atoms in total. The van der Waals surface area contributed by atoms with Gasteiger partial charge in [0.25, 0.3) is 0 Å². The van der Waals surface area contributed by atoms with Crippen LogP contribution in [0.15, 0.2) is 75.9 Å². The number of carbonyl (C=O) groups excluding carboxylic acids is 2. The Hall–Kier alpha value is -4.99. The number of carbonyl (C=O) groups is 2. The molecule has 41 heavy (non-hydrogen) atoms. The molecule has 1 unspecified atom stereocenters. The van der Waals surface area contributed by atoms with Crippen molar-refractivity contribution in [1.82, 2.24) is 5.32 Å². The molecule has 1 atom stereocenters. The fourth-order valence-corrected chi connectivity index (χ4v) is 3.99. The fourth-order valence-electron chi connectivity index (χ4n) is 3.99. The molecule has 0 aliphatic heterocycles. The van der Waals surface area contributed by atoms with Gasteiger partial charge in [-0.1, -0.05) is 30.3 Å². The third-order valence-electron chi connectivity index (χ3n) is 5.83. The van der Waals surface area contributed by atoms with Crippen molar-refractivity contribution in [2.75, 3.05) is 7.11 Å². The molecule has 0 fully saturated rings. The number of phenols is 1. The summed E-state index contributed by atoms with van der Waals surface area (Å²) in [6.45, 7) is 6.66. The number of nitrogens with one attached hydrogen (secondary N) is 1. The molecule has 0 saturated heterocycles. The van der Waals surface area contributed by atoms with Gasteiger partial charge in [-0.15, -0.1) is 0 Å². The van der Waals surface area contributed by atoms with E-state index in [0.29, 0.717) is 11.5 Å². The monoisotopic (exact) mass is 561 g/mol. The van der Waals surface area contributed by atoms with Crippen LogP contribution in [0.5, 0.6) is 28.7 Å². The molecule has 1 heterocycles. The highest BCUT2D eigenvalue weighted by Crippen LogP contribution is 2.33. The molecule has 1 aromatic heterocycles. The number of hydrogen-bond donors (Lipinski definition) is 2. The summed E-state index contributed by atoms with van der Waals surface area (Å²) >= 11 is 0. The van der Waals surface area contributed by atoms with Gasteiger partial charge in [-0.05, 0) is 57.5 Å². The Bertz CT molecular complexity index is 1600. The molecule has 0 saturated carbocycles. The van der Waals surface area contributed by atoms with Crippen LogP contribution in [0.1, 0.15) is 32.1 Å². The van der Waals surface area contributed by atoms with Crippen LogP contribution in [0.2, 0.25) is 0 Å². The van der Waals surface area contributed by atoms with E-state index in [4.69, 9.17) is 23.4 Å². The standard InChI is InChI=1S/C31H31NO9/c1-18-28(39-21-13-11-20(37-5)12-14-21)27(34)26-24(33)16-22(17-25(26)38-18)40-29(35)23(15-19-9-7-6-8-10-19)32-30(36)41-31(2,3)4/h6-14,16-17,23,33H,15H2,1-5H3,(H,32,36). The number of methoxy groups -OCH3 is 1. The smallest absolute Gasteiger partial charge is 0.408 e. The van der Waals surface area contributed by atoms with Crippen LogP contribution in [0.4, 0.5) is 4.79 Å². The molecule has 0 aliphatic carbocycles. The Morgan fingerprint density at radius 3 is 2.27 bits per heavy atom. The van der Waals surface area contributed by atoms with Crippen LogP contribution in [0, 0.1) is 6.92 Å². The lowest BCUT2D eigenvalue weighted by molar-refractivity contribution is -0.136. The minimum absolute atomic E-state index is 0.0166. The highest BCUT2D eigenvalue weighted by Gasteiger charge is 2.27. The molecule has 1 amide bonds. The van der Waals surface area contributed by atoms with Crippen LogP contribution >= 0.6 is 0 Å². The predicted molar refractivity (Wildman–Crippen MR) is 151 cm³/mol. The summed E-state index contributed by atoms with van der Waals surface area (Å²) in [5, 5.41) is 13.1. The van der Waals surface area contributed by atoms with Gasteiger partial charge >= 0.3 is 12.1 Å². The zero-order valence-corrected chi connectivity index (χ0v) is 23.3. The van der Waals surface area contributed by atoms with E-state index < -0.39 is 34.9 Å². The van der Waals surface area contributed by atoms with E-state index in [2.05, 4.69) is 5.32 Å². The van der Waals surface area contributed by atoms with E-state index in [0.717, 1.165) is 11.6 Å². The summed E-state index contributed by atoms with van der Waals surface area (Å²) < 4.78 is 27.5. The first-order valence-electron chi connectivity index (χ1n) is 12.8. The fraction of sp³-hybridized carbons (Fsp3) is 0.258. The van der Waals surface area contributed by atoms with Crippen molar-refractivity contribution >= 4 is 23.0 Å². The molecule has 214 valence electrons. The average Bonchev–Trinajstić information content (AvgIpc) is 2.90. The average molecular weight is 562 g/mol. The predicted octanol–water partition coefficient (Wildman–Crippen LogP) is 5.65. The Balaban J connectivity index is 1.60. The van der Waals surface area contributed by atoms with Crippen molar-refractivity contribution in [3.63, 3.8) is 0 Å². The first kappa shape index (κ1) is 29.0. The molecule has 0 bridgehead atoms. The van der Waals surface area contributed by atoms with E-state index in [-0.39, 0.29) is 34.6 Å². The number of phenolic OH excluding ortho intramolecular Hbond substituents is 1. The molecule has 2 N–H and O–H groups in total. The molecule has 0 spiro atoms. The Morgan fingerprint density at radius 2 is 1.63 bits per heavy atom. The molecule has 10 heteroatoms. The van der Waals surface area contributed by atoms with E-state index in [1.807, 2.05) is 30.3 Å². The molecule has 0 radical (unpaired) electrons. The third-order valence-corrected chi connectivity index (χ3v) is 5.83. The van der Waals surface area contributed by atoms with Crippen molar-refractivity contribution in [2.24, 2.45) is 0 Å². The van der Waals surface area contributed by atoms with Gasteiger partial charge in [0.1, 0.15) is 51.4 Å². The number of fused-ring (bicyclic) bond motifs is 1. The van der Waals surface area contributed by atoms with Gasteiger partial charge in [0.2, 0.25) is 11.2 Å². The number of esters is 1. The van der Waals surface area contributed by atoms with Crippen LogP contribution in [-0.2, 0) is 16.0 Å². The zero-order valence-electron chi connectivity index (χ0n) is 23.3. The minimum atomic E-state index is -1.11. The van der Waals surface area contributed by atoms with Gasteiger partial charge in [-0.2, -0.15) is 0 Å². The summed E-state index contributed by atoms with van der Waals surface area (Å²) in [4.78, 5) is 38.9. The molecular weight excluding hydrogens is 530 g/mol. The molecule has 3 aromatic carbocycles. The van der Waals surface area contributed by atoms with Gasteiger partial charge < -0.3 is 33.8 Å². The second-order valence-corrected chi connectivity index (χ2v) is 10.2. The summed E-state index contributed by atoms with van der Waals surface area (Å²) in [5.41, 5.74) is -0.626. The number of benzene rings is 3. The number of hydrogen-bond acceptors (Lipinski definition) is 9. The van der Waals surface area contributed by atoms with E-state index in [9.17, 15) is 19.5 Å². The first-order valence-corrected chi connectivity index (χ1v) is 12.8. The molecule has 0 aliphatic rings. The SMILES string of the molecule is COc1ccc(Oc2c(C)oc3cc(OC(=O)C(Cc4ccccc4)NC(=O)OC(C)(C)C)cc(O)c3c2=O)cc1. The Kier molecular flexibility index (Phi) is 8.51. The number of rotatable bonds is 8. The van der Waals surface area contributed by atoms with Gasteiger partial charge in [-0.25, -0.2) is 9.59 Å². The Morgan fingerprint density at radius 1 is 0.976 bits per heavy atom. The van der Waals surface area contributed by atoms with Crippen molar-refractivity contribution in [1.29, 1.82) is 0 Å². The lowest BCUT2D eigenvalue weighted by Gasteiger charge is -2.23. The number of ether oxygens (including phenoxy) is 4. The number of amides is 1. The maximum Gasteiger partial charge on any atom is 0.408 e. The van der Waals surface area contributed by atoms with E-state index in [1.54, 1.807) is 45.0 Å². The molecule has 4 rings (SSSR count). The summed E-state index contributed by atoms with van der Waals surface area (Å²) in [7, 11) is 1.53. The second kappa shape index (κ2) is 12.0. The quantitative estimate of drug-likeness (QED) is 0.207. The highest BCUT2D eigenvalue weighted by molar-refractivity contribution is 5.88. The van der Waals surface area contributed by atoms with Crippen molar-refractivity contribution < 1.29 is 38.1 Å². The zero-order chi connectivity index (χ0) is 29.7. The topological polar surface area (TPSA) is 134 Å². The molecule has 4 aromatic rings. The third kappa shape index (κ3) is 7.36. The largest absolute Gasteiger partial charge is 0.507 e.